The second-order valence-electron chi connectivity index (χ2n) is 9.08. The summed E-state index contributed by atoms with van der Waals surface area (Å²) in [5, 5.41) is 2.44. The first-order chi connectivity index (χ1) is 17.2. The number of amides is 1. The topological polar surface area (TPSA) is 61.8 Å². The highest BCUT2D eigenvalue weighted by Gasteiger charge is 2.24. The lowest BCUT2D eigenvalue weighted by Gasteiger charge is -2.35. The lowest BCUT2D eigenvalue weighted by atomic mass is 10.0. The van der Waals surface area contributed by atoms with Crippen LogP contribution in [0.3, 0.4) is 0 Å². The molecule has 0 aliphatic carbocycles. The number of piperazine rings is 1. The molecule has 4 aromatic rings. The minimum atomic E-state index is 0.0706. The van der Waals surface area contributed by atoms with Gasteiger partial charge >= 0.3 is 0 Å². The fraction of sp³-hybridized carbons (Fsp3) is 0.250. The Kier molecular flexibility index (Phi) is 5.45. The lowest BCUT2D eigenvalue weighted by molar-refractivity contribution is 0.0746. The second-order valence-corrected chi connectivity index (χ2v) is 9.08. The second kappa shape index (κ2) is 8.91. The van der Waals surface area contributed by atoms with Gasteiger partial charge < -0.3 is 19.4 Å². The number of nitrogens with zero attached hydrogens (tertiary/aromatic N) is 5. The van der Waals surface area contributed by atoms with Crippen molar-refractivity contribution in [3.05, 3.63) is 89.9 Å². The Hall–Kier alpha value is -4.13. The van der Waals surface area contributed by atoms with Crippen LogP contribution in [0.4, 0.5) is 11.5 Å². The van der Waals surface area contributed by atoms with Gasteiger partial charge in [-0.15, -0.1) is 0 Å². The molecule has 3 heterocycles. The van der Waals surface area contributed by atoms with Crippen molar-refractivity contribution in [3.63, 3.8) is 0 Å². The van der Waals surface area contributed by atoms with Crippen molar-refractivity contribution >= 4 is 28.2 Å². The van der Waals surface area contributed by atoms with Gasteiger partial charge in [-0.2, -0.15) is 0 Å². The van der Waals surface area contributed by atoms with E-state index in [9.17, 15) is 4.79 Å². The van der Waals surface area contributed by atoms with E-state index in [2.05, 4.69) is 56.2 Å². The highest BCUT2D eigenvalue weighted by Crippen LogP contribution is 2.34. The molecule has 0 N–H and O–H groups in total. The van der Waals surface area contributed by atoms with Crippen LogP contribution < -0.4 is 14.5 Å². The van der Waals surface area contributed by atoms with Gasteiger partial charge in [-0.3, -0.25) is 4.79 Å². The molecule has 1 saturated heterocycles. The molecule has 3 aromatic carbocycles. The summed E-state index contributed by atoms with van der Waals surface area (Å²) in [7, 11) is 0. The van der Waals surface area contributed by atoms with Crippen LogP contribution in [0.5, 0.6) is 5.75 Å². The minimum Gasteiger partial charge on any atom is -0.473 e. The summed E-state index contributed by atoms with van der Waals surface area (Å²) in [6.07, 6.45) is 1.60. The van der Waals surface area contributed by atoms with Crippen molar-refractivity contribution in [2.24, 2.45) is 0 Å². The fourth-order valence-corrected chi connectivity index (χ4v) is 4.91. The van der Waals surface area contributed by atoms with Crippen molar-refractivity contribution in [2.45, 2.75) is 13.5 Å². The molecule has 2 aliphatic heterocycles. The number of hydrogen-bond acceptors (Lipinski definition) is 6. The number of benzene rings is 3. The zero-order chi connectivity index (χ0) is 23.8. The number of carbonyl (C=O) groups is 1. The molecule has 0 saturated carbocycles. The number of anilines is 2. The van der Waals surface area contributed by atoms with Crippen LogP contribution in [0.2, 0.25) is 0 Å². The van der Waals surface area contributed by atoms with Crippen molar-refractivity contribution < 1.29 is 9.53 Å². The van der Waals surface area contributed by atoms with Crippen molar-refractivity contribution in [2.75, 3.05) is 42.7 Å². The average molecular weight is 466 g/mol. The highest BCUT2D eigenvalue weighted by molar-refractivity contribution is 5.95. The van der Waals surface area contributed by atoms with Crippen LogP contribution >= 0.6 is 0 Å². The number of hydrogen-bond donors (Lipinski definition) is 0. The zero-order valence-corrected chi connectivity index (χ0v) is 19.7. The molecule has 6 rings (SSSR count). The van der Waals surface area contributed by atoms with Gasteiger partial charge in [0, 0.05) is 54.8 Å². The highest BCUT2D eigenvalue weighted by atomic mass is 16.5. The molecular formula is C28H27N5O2. The third-order valence-corrected chi connectivity index (χ3v) is 6.88. The summed E-state index contributed by atoms with van der Waals surface area (Å²) < 4.78 is 6.06. The fourth-order valence-electron chi connectivity index (χ4n) is 4.91. The van der Waals surface area contributed by atoms with Gasteiger partial charge in [-0.25, -0.2) is 9.97 Å². The summed E-state index contributed by atoms with van der Waals surface area (Å²) >= 11 is 0. The van der Waals surface area contributed by atoms with E-state index in [1.165, 1.54) is 16.3 Å². The van der Waals surface area contributed by atoms with Gasteiger partial charge in [0.25, 0.3) is 5.91 Å². The Bertz CT molecular complexity index is 1380. The van der Waals surface area contributed by atoms with E-state index in [0.717, 1.165) is 42.6 Å². The first-order valence-corrected chi connectivity index (χ1v) is 12.0. The van der Waals surface area contributed by atoms with Crippen molar-refractivity contribution in [3.8, 4) is 5.75 Å². The van der Waals surface area contributed by atoms with Gasteiger partial charge in [0.05, 0.1) is 6.54 Å². The molecule has 1 amide bonds. The van der Waals surface area contributed by atoms with E-state index in [4.69, 9.17) is 4.74 Å². The van der Waals surface area contributed by atoms with E-state index in [0.29, 0.717) is 25.4 Å². The Balaban J connectivity index is 1.13. The Morgan fingerprint density at radius 2 is 1.69 bits per heavy atom. The molecule has 0 spiro atoms. The van der Waals surface area contributed by atoms with E-state index in [1.807, 2.05) is 42.2 Å². The number of carbonyl (C=O) groups excluding carboxylic acids is 1. The van der Waals surface area contributed by atoms with Crippen LogP contribution in [0.25, 0.3) is 10.8 Å². The third kappa shape index (κ3) is 4.14. The summed E-state index contributed by atoms with van der Waals surface area (Å²) in [4.78, 5) is 28.0. The van der Waals surface area contributed by atoms with Gasteiger partial charge in [-0.05, 0) is 48.0 Å². The van der Waals surface area contributed by atoms with E-state index in [1.54, 1.807) is 6.33 Å². The van der Waals surface area contributed by atoms with Gasteiger partial charge in [-0.1, -0.05) is 30.3 Å². The maximum atomic E-state index is 13.1. The normalized spacial score (nSPS) is 15.6. The van der Waals surface area contributed by atoms with Crippen LogP contribution in [0.15, 0.2) is 73.1 Å². The van der Waals surface area contributed by atoms with Crippen LogP contribution in [0, 0.1) is 6.92 Å². The maximum Gasteiger partial charge on any atom is 0.253 e. The smallest absolute Gasteiger partial charge is 0.253 e. The van der Waals surface area contributed by atoms with E-state index in [-0.39, 0.29) is 5.91 Å². The van der Waals surface area contributed by atoms with E-state index >= 15 is 0 Å². The molecule has 0 atom stereocenters. The first kappa shape index (κ1) is 21.4. The Morgan fingerprint density at radius 3 is 2.49 bits per heavy atom. The lowest BCUT2D eigenvalue weighted by Crippen LogP contribution is -2.49. The molecule has 35 heavy (non-hydrogen) atoms. The number of aryl methyl sites for hydroxylation is 1. The summed E-state index contributed by atoms with van der Waals surface area (Å²) in [6, 6.07) is 22.5. The largest absolute Gasteiger partial charge is 0.473 e. The molecule has 0 unspecified atom stereocenters. The van der Waals surface area contributed by atoms with Gasteiger partial charge in [0.15, 0.2) is 6.73 Å². The van der Waals surface area contributed by atoms with E-state index < -0.39 is 0 Å². The number of ether oxygens (including phenoxy) is 1. The molecule has 7 nitrogen and oxygen atoms in total. The Morgan fingerprint density at radius 1 is 0.886 bits per heavy atom. The summed E-state index contributed by atoms with van der Waals surface area (Å²) in [6.45, 7) is 6.10. The van der Waals surface area contributed by atoms with Crippen molar-refractivity contribution in [1.82, 2.24) is 14.9 Å². The quantitative estimate of drug-likeness (QED) is 0.451. The third-order valence-electron chi connectivity index (χ3n) is 6.88. The van der Waals surface area contributed by atoms with Crippen LogP contribution in [0.1, 0.15) is 21.6 Å². The van der Waals surface area contributed by atoms with Crippen LogP contribution in [-0.4, -0.2) is 53.7 Å². The SMILES string of the molecule is Cc1cc(N2CCN(C(=O)c3ccc(N4COc5ccc6ccccc6c5C4)cc3)CC2)ncn1. The first-order valence-electron chi connectivity index (χ1n) is 12.0. The molecule has 1 aromatic heterocycles. The molecule has 1 fully saturated rings. The molecule has 0 bridgehead atoms. The van der Waals surface area contributed by atoms with Crippen molar-refractivity contribution in [1.29, 1.82) is 0 Å². The number of rotatable bonds is 3. The predicted molar refractivity (Wildman–Crippen MR) is 137 cm³/mol. The predicted octanol–water partition coefficient (Wildman–Crippen LogP) is 4.26. The minimum absolute atomic E-state index is 0.0706. The zero-order valence-electron chi connectivity index (χ0n) is 19.7. The molecule has 7 heteroatoms. The summed E-state index contributed by atoms with van der Waals surface area (Å²) in [5.41, 5.74) is 3.91. The summed E-state index contributed by atoms with van der Waals surface area (Å²) in [5.74, 6) is 1.94. The molecule has 2 aliphatic rings. The molecule has 0 radical (unpaired) electrons. The average Bonchev–Trinajstić information content (AvgIpc) is 2.92. The van der Waals surface area contributed by atoms with Gasteiger partial charge in [0.2, 0.25) is 0 Å². The molecule has 176 valence electrons. The maximum absolute atomic E-state index is 13.1. The van der Waals surface area contributed by atoms with Gasteiger partial charge in [0.1, 0.15) is 17.9 Å². The molecular weight excluding hydrogens is 438 g/mol. The Labute approximate surface area is 204 Å². The monoisotopic (exact) mass is 465 g/mol. The standard InChI is InChI=1S/C28H27N5O2/c1-20-16-27(30-18-29-20)31-12-14-32(15-13-31)28(34)22-6-9-23(10-7-22)33-17-25-24-5-3-2-4-21(24)8-11-26(25)35-19-33/h2-11,16,18H,12-15,17,19H2,1H3. The number of fused-ring (bicyclic) bond motifs is 3. The number of aromatic nitrogens is 2. The van der Waals surface area contributed by atoms with Crippen LogP contribution in [-0.2, 0) is 6.54 Å².